The van der Waals surface area contributed by atoms with Crippen LogP contribution in [-0.4, -0.2) is 56.1 Å². The molecule has 1 amide bonds. The first-order chi connectivity index (χ1) is 9.25. The maximum atomic E-state index is 12.7. The number of ether oxygens (including phenoxy) is 3. The first kappa shape index (κ1) is 13.3. The second-order valence-corrected chi connectivity index (χ2v) is 5.74. The molecule has 1 spiro atoms. The third-order valence-electron chi connectivity index (χ3n) is 4.65. The Bertz CT molecular complexity index is 335. The van der Waals surface area contributed by atoms with Gasteiger partial charge in [0.1, 0.15) is 0 Å². The minimum absolute atomic E-state index is 0.120. The van der Waals surface area contributed by atoms with Gasteiger partial charge < -0.3 is 19.1 Å². The van der Waals surface area contributed by atoms with Crippen molar-refractivity contribution < 1.29 is 19.0 Å². The summed E-state index contributed by atoms with van der Waals surface area (Å²) in [6.45, 7) is 2.78. The van der Waals surface area contributed by atoms with E-state index in [0.29, 0.717) is 19.8 Å². The summed E-state index contributed by atoms with van der Waals surface area (Å²) in [5, 5.41) is 0. The zero-order valence-corrected chi connectivity index (χ0v) is 11.6. The molecule has 2 heterocycles. The van der Waals surface area contributed by atoms with Crippen LogP contribution < -0.4 is 0 Å². The number of likely N-dealkylation sites (tertiary alicyclic amines) is 1. The lowest BCUT2D eigenvalue weighted by atomic mass is 9.98. The van der Waals surface area contributed by atoms with Crippen molar-refractivity contribution in [3.05, 3.63) is 0 Å². The van der Waals surface area contributed by atoms with Crippen molar-refractivity contribution in [2.75, 3.05) is 33.4 Å². The second-order valence-electron chi connectivity index (χ2n) is 5.74. The molecule has 5 nitrogen and oxygen atoms in total. The van der Waals surface area contributed by atoms with E-state index in [1.807, 2.05) is 4.90 Å². The molecule has 0 aromatic carbocycles. The van der Waals surface area contributed by atoms with Crippen molar-refractivity contribution in [3.63, 3.8) is 0 Å². The lowest BCUT2D eigenvalue weighted by Gasteiger charge is -2.37. The summed E-state index contributed by atoms with van der Waals surface area (Å²) in [6, 6.07) is 0. The molecule has 2 atom stereocenters. The van der Waals surface area contributed by atoms with Crippen LogP contribution in [-0.2, 0) is 19.0 Å². The highest BCUT2D eigenvalue weighted by Gasteiger charge is 2.52. The van der Waals surface area contributed by atoms with Gasteiger partial charge in [0.25, 0.3) is 0 Å². The summed E-state index contributed by atoms with van der Waals surface area (Å²) in [7, 11) is 1.72. The molecule has 5 heteroatoms. The maximum Gasteiger partial charge on any atom is 0.231 e. The lowest BCUT2D eigenvalue weighted by molar-refractivity contribution is -0.193. The number of amides is 1. The summed E-state index contributed by atoms with van der Waals surface area (Å²) in [6.07, 6.45) is 4.99. The normalized spacial score (nSPS) is 34.1. The fourth-order valence-electron chi connectivity index (χ4n) is 3.63. The summed E-state index contributed by atoms with van der Waals surface area (Å²) < 4.78 is 17.0. The molecule has 19 heavy (non-hydrogen) atoms. The number of carbonyl (C=O) groups excluding carboxylic acids is 1. The van der Waals surface area contributed by atoms with Gasteiger partial charge in [0, 0.05) is 26.6 Å². The fraction of sp³-hybridized carbons (Fsp3) is 0.929. The molecule has 1 saturated carbocycles. The van der Waals surface area contributed by atoms with E-state index in [2.05, 4.69) is 0 Å². The van der Waals surface area contributed by atoms with Crippen LogP contribution >= 0.6 is 0 Å². The molecule has 3 rings (SSSR count). The number of hydrogen-bond acceptors (Lipinski definition) is 4. The average Bonchev–Trinajstić information content (AvgIpc) is 3.09. The predicted molar refractivity (Wildman–Crippen MR) is 68.6 cm³/mol. The van der Waals surface area contributed by atoms with Gasteiger partial charge in [0.05, 0.1) is 25.2 Å². The van der Waals surface area contributed by atoms with Crippen LogP contribution in [0.2, 0.25) is 0 Å². The molecule has 2 aliphatic heterocycles. The Morgan fingerprint density at radius 3 is 2.79 bits per heavy atom. The van der Waals surface area contributed by atoms with Gasteiger partial charge in [-0.15, -0.1) is 0 Å². The predicted octanol–water partition coefficient (Wildman–Crippen LogP) is 1.17. The summed E-state index contributed by atoms with van der Waals surface area (Å²) >= 11 is 0. The highest BCUT2D eigenvalue weighted by atomic mass is 16.7. The Morgan fingerprint density at radius 2 is 2.05 bits per heavy atom. The summed E-state index contributed by atoms with van der Waals surface area (Å²) in [5.74, 6) is -0.538. The van der Waals surface area contributed by atoms with Crippen LogP contribution in [0, 0.1) is 5.92 Å². The van der Waals surface area contributed by atoms with E-state index >= 15 is 0 Å². The quantitative estimate of drug-likeness (QED) is 0.755. The zero-order valence-electron chi connectivity index (χ0n) is 11.6. The molecule has 0 aromatic rings. The van der Waals surface area contributed by atoms with Crippen LogP contribution in [0.15, 0.2) is 0 Å². The van der Waals surface area contributed by atoms with Gasteiger partial charge in [-0.05, 0) is 25.7 Å². The first-order valence-corrected chi connectivity index (χ1v) is 7.35. The van der Waals surface area contributed by atoms with E-state index in [-0.39, 0.29) is 17.9 Å². The molecule has 0 bridgehead atoms. The molecule has 3 aliphatic rings. The van der Waals surface area contributed by atoms with Crippen molar-refractivity contribution in [2.24, 2.45) is 5.92 Å². The van der Waals surface area contributed by atoms with Gasteiger partial charge in [0.2, 0.25) is 5.91 Å². The van der Waals surface area contributed by atoms with E-state index in [1.165, 1.54) is 0 Å². The van der Waals surface area contributed by atoms with Gasteiger partial charge in [-0.3, -0.25) is 4.79 Å². The van der Waals surface area contributed by atoms with E-state index in [9.17, 15) is 4.79 Å². The molecule has 108 valence electrons. The van der Waals surface area contributed by atoms with Gasteiger partial charge >= 0.3 is 0 Å². The maximum absolute atomic E-state index is 12.7. The highest BCUT2D eigenvalue weighted by Crippen LogP contribution is 2.43. The fourth-order valence-corrected chi connectivity index (χ4v) is 3.63. The lowest BCUT2D eigenvalue weighted by Crippen LogP contribution is -2.50. The number of hydrogen-bond donors (Lipinski definition) is 0. The standard InChI is InChI=1S/C14H23NO4/c1-17-11-4-3-7-15(10-11)13(16)12-5-2-6-14(12)18-8-9-19-14/h11-12H,2-10H2,1H3/t11-,12+/m1/s1. The molecule has 0 N–H and O–H groups in total. The minimum Gasteiger partial charge on any atom is -0.380 e. The second kappa shape index (κ2) is 5.38. The average molecular weight is 269 g/mol. The number of methoxy groups -OCH3 is 1. The molecular weight excluding hydrogens is 246 g/mol. The number of rotatable bonds is 2. The Labute approximate surface area is 114 Å². The molecular formula is C14H23NO4. The smallest absolute Gasteiger partial charge is 0.231 e. The Morgan fingerprint density at radius 1 is 1.26 bits per heavy atom. The Balaban J connectivity index is 1.69. The summed E-state index contributed by atoms with van der Waals surface area (Å²) in [5.41, 5.74) is 0. The van der Waals surface area contributed by atoms with Crippen LogP contribution in [0.3, 0.4) is 0 Å². The van der Waals surface area contributed by atoms with E-state index < -0.39 is 5.79 Å². The SMILES string of the molecule is CO[C@@H]1CCCN(C(=O)[C@@H]2CCCC23OCCO3)C1. The largest absolute Gasteiger partial charge is 0.380 e. The van der Waals surface area contributed by atoms with Gasteiger partial charge in [-0.25, -0.2) is 0 Å². The number of carbonyl (C=O) groups is 1. The Hall–Kier alpha value is -0.650. The van der Waals surface area contributed by atoms with Crippen LogP contribution in [0.5, 0.6) is 0 Å². The molecule has 2 saturated heterocycles. The zero-order chi connectivity index (χ0) is 13.3. The van der Waals surface area contributed by atoms with E-state index in [1.54, 1.807) is 7.11 Å². The van der Waals surface area contributed by atoms with E-state index in [4.69, 9.17) is 14.2 Å². The van der Waals surface area contributed by atoms with Crippen molar-refractivity contribution in [1.29, 1.82) is 0 Å². The molecule has 3 fully saturated rings. The van der Waals surface area contributed by atoms with Gasteiger partial charge in [-0.2, -0.15) is 0 Å². The molecule has 0 unspecified atom stereocenters. The summed E-state index contributed by atoms with van der Waals surface area (Å²) in [4.78, 5) is 14.7. The van der Waals surface area contributed by atoms with Crippen molar-refractivity contribution >= 4 is 5.91 Å². The number of nitrogens with zero attached hydrogens (tertiary/aromatic N) is 1. The van der Waals surface area contributed by atoms with Crippen molar-refractivity contribution in [2.45, 2.75) is 44.0 Å². The molecule has 0 aromatic heterocycles. The van der Waals surface area contributed by atoms with E-state index in [0.717, 1.165) is 38.6 Å². The third kappa shape index (κ3) is 2.39. The number of piperidine rings is 1. The minimum atomic E-state index is -0.614. The topological polar surface area (TPSA) is 48.0 Å². The van der Waals surface area contributed by atoms with Crippen molar-refractivity contribution in [3.8, 4) is 0 Å². The third-order valence-corrected chi connectivity index (χ3v) is 4.65. The monoisotopic (exact) mass is 269 g/mol. The molecule has 1 aliphatic carbocycles. The van der Waals surface area contributed by atoms with Gasteiger partial charge in [-0.1, -0.05) is 0 Å². The van der Waals surface area contributed by atoms with Crippen LogP contribution in [0.1, 0.15) is 32.1 Å². The van der Waals surface area contributed by atoms with Crippen molar-refractivity contribution in [1.82, 2.24) is 4.90 Å². The highest BCUT2D eigenvalue weighted by molar-refractivity contribution is 5.80. The van der Waals surface area contributed by atoms with Gasteiger partial charge in [0.15, 0.2) is 5.79 Å². The Kier molecular flexibility index (Phi) is 3.78. The molecule has 0 radical (unpaired) electrons. The van der Waals surface area contributed by atoms with Crippen LogP contribution in [0.25, 0.3) is 0 Å². The van der Waals surface area contributed by atoms with Crippen LogP contribution in [0.4, 0.5) is 0 Å². The first-order valence-electron chi connectivity index (χ1n) is 7.35.